The largest absolute Gasteiger partial charge is 0.492 e. The van der Waals surface area contributed by atoms with Gasteiger partial charge in [0, 0.05) is 30.0 Å². The first-order valence-electron chi connectivity index (χ1n) is 8.26. The van der Waals surface area contributed by atoms with E-state index in [1.165, 1.54) is 5.56 Å². The number of likely N-dealkylation sites (N-methyl/N-ethyl adjacent to an activating group) is 1. The minimum atomic E-state index is 0.101. The van der Waals surface area contributed by atoms with Crippen LogP contribution in [0, 0.1) is 13.8 Å². The molecule has 0 aliphatic carbocycles. The van der Waals surface area contributed by atoms with Crippen LogP contribution in [0.4, 0.5) is 5.69 Å². The summed E-state index contributed by atoms with van der Waals surface area (Å²) in [6.45, 7) is 6.96. The standard InChI is InChI=1S/C18H28N4O2/c1-14-18(15(2)22(20-14)9-11-23)13-19-16-5-7-17(8-6-16)24-12-10-21(3)4/h5-8,19,23H,9-13H2,1-4H3. The van der Waals surface area contributed by atoms with E-state index >= 15 is 0 Å². The average molecular weight is 332 g/mol. The zero-order valence-electron chi connectivity index (χ0n) is 15.0. The van der Waals surface area contributed by atoms with Gasteiger partial charge >= 0.3 is 0 Å². The number of aryl methyl sites for hydroxylation is 1. The minimum absolute atomic E-state index is 0.101. The van der Waals surface area contributed by atoms with E-state index in [1.54, 1.807) is 0 Å². The lowest BCUT2D eigenvalue weighted by Gasteiger charge is -2.12. The van der Waals surface area contributed by atoms with Gasteiger partial charge in [-0.1, -0.05) is 0 Å². The molecule has 0 radical (unpaired) electrons. The maximum Gasteiger partial charge on any atom is 0.119 e. The third kappa shape index (κ3) is 4.97. The topological polar surface area (TPSA) is 62.6 Å². The molecule has 0 atom stereocenters. The first-order chi connectivity index (χ1) is 11.5. The Morgan fingerprint density at radius 1 is 1.21 bits per heavy atom. The number of hydrogen-bond donors (Lipinski definition) is 2. The van der Waals surface area contributed by atoms with Crippen LogP contribution in [0.3, 0.4) is 0 Å². The highest BCUT2D eigenvalue weighted by Crippen LogP contribution is 2.18. The van der Waals surface area contributed by atoms with E-state index in [0.717, 1.165) is 29.4 Å². The molecule has 1 heterocycles. The lowest BCUT2D eigenvalue weighted by Crippen LogP contribution is -2.19. The minimum Gasteiger partial charge on any atom is -0.492 e. The molecule has 2 rings (SSSR count). The van der Waals surface area contributed by atoms with Gasteiger partial charge in [-0.25, -0.2) is 0 Å². The predicted octanol–water partition coefficient (Wildman–Crippen LogP) is 2.04. The number of hydrogen-bond acceptors (Lipinski definition) is 5. The molecule has 0 saturated heterocycles. The normalized spacial score (nSPS) is 11.1. The number of rotatable bonds is 9. The second kappa shape index (κ2) is 8.70. The van der Waals surface area contributed by atoms with Crippen LogP contribution in [0.1, 0.15) is 17.0 Å². The smallest absolute Gasteiger partial charge is 0.119 e. The zero-order chi connectivity index (χ0) is 17.5. The molecule has 24 heavy (non-hydrogen) atoms. The molecule has 0 aliphatic rings. The monoisotopic (exact) mass is 332 g/mol. The predicted molar refractivity (Wildman–Crippen MR) is 96.6 cm³/mol. The summed E-state index contributed by atoms with van der Waals surface area (Å²) in [5.74, 6) is 0.880. The number of aromatic nitrogens is 2. The highest BCUT2D eigenvalue weighted by atomic mass is 16.5. The van der Waals surface area contributed by atoms with E-state index in [2.05, 4.69) is 15.3 Å². The van der Waals surface area contributed by atoms with Gasteiger partial charge in [0.15, 0.2) is 0 Å². The van der Waals surface area contributed by atoms with Gasteiger partial charge in [-0.15, -0.1) is 0 Å². The Labute approximate surface area is 144 Å². The van der Waals surface area contributed by atoms with Gasteiger partial charge in [0.1, 0.15) is 12.4 Å². The zero-order valence-corrected chi connectivity index (χ0v) is 15.0. The van der Waals surface area contributed by atoms with E-state index < -0.39 is 0 Å². The number of benzene rings is 1. The molecular formula is C18H28N4O2. The molecule has 0 unspecified atom stereocenters. The first kappa shape index (κ1) is 18.3. The SMILES string of the molecule is Cc1nn(CCO)c(C)c1CNc1ccc(OCCN(C)C)cc1. The molecule has 2 aromatic rings. The number of anilines is 1. The lowest BCUT2D eigenvalue weighted by atomic mass is 10.2. The molecule has 0 fully saturated rings. The molecule has 6 heteroatoms. The van der Waals surface area contributed by atoms with Gasteiger partial charge in [0.2, 0.25) is 0 Å². The van der Waals surface area contributed by atoms with Crippen molar-refractivity contribution in [2.45, 2.75) is 26.9 Å². The summed E-state index contributed by atoms with van der Waals surface area (Å²) in [6.07, 6.45) is 0. The van der Waals surface area contributed by atoms with Crippen molar-refractivity contribution in [3.63, 3.8) is 0 Å². The quantitative estimate of drug-likeness (QED) is 0.736. The summed E-state index contributed by atoms with van der Waals surface area (Å²) >= 11 is 0. The molecule has 0 aliphatic heterocycles. The van der Waals surface area contributed by atoms with Crippen LogP contribution in [0.25, 0.3) is 0 Å². The van der Waals surface area contributed by atoms with E-state index in [-0.39, 0.29) is 6.61 Å². The summed E-state index contributed by atoms with van der Waals surface area (Å²) in [5.41, 5.74) is 4.31. The van der Waals surface area contributed by atoms with Crippen LogP contribution in [0.15, 0.2) is 24.3 Å². The molecule has 0 bridgehead atoms. The second-order valence-corrected chi connectivity index (χ2v) is 6.13. The Kier molecular flexibility index (Phi) is 6.63. The van der Waals surface area contributed by atoms with Crippen molar-refractivity contribution in [3.8, 4) is 5.75 Å². The van der Waals surface area contributed by atoms with Crippen LogP contribution < -0.4 is 10.1 Å². The van der Waals surface area contributed by atoms with E-state index in [9.17, 15) is 0 Å². The Bertz CT molecular complexity index is 635. The second-order valence-electron chi connectivity index (χ2n) is 6.13. The Morgan fingerprint density at radius 2 is 1.92 bits per heavy atom. The maximum absolute atomic E-state index is 9.08. The van der Waals surface area contributed by atoms with Gasteiger partial charge in [-0.2, -0.15) is 5.10 Å². The fraction of sp³-hybridized carbons (Fsp3) is 0.500. The third-order valence-corrected chi connectivity index (χ3v) is 3.97. The maximum atomic E-state index is 9.08. The summed E-state index contributed by atoms with van der Waals surface area (Å²) < 4.78 is 7.55. The number of ether oxygens (including phenoxy) is 1. The summed E-state index contributed by atoms with van der Waals surface area (Å²) in [6, 6.07) is 8.00. The molecule has 0 spiro atoms. The van der Waals surface area contributed by atoms with Gasteiger partial charge < -0.3 is 20.1 Å². The molecule has 132 valence electrons. The lowest BCUT2D eigenvalue weighted by molar-refractivity contribution is 0.261. The summed E-state index contributed by atoms with van der Waals surface area (Å²) in [5, 5.41) is 17.0. The number of nitrogens with zero attached hydrogens (tertiary/aromatic N) is 3. The van der Waals surface area contributed by atoms with Crippen LogP contribution in [0.5, 0.6) is 5.75 Å². The number of aliphatic hydroxyl groups excluding tert-OH is 1. The first-order valence-corrected chi connectivity index (χ1v) is 8.26. The van der Waals surface area contributed by atoms with Crippen molar-refractivity contribution in [2.75, 3.05) is 39.2 Å². The molecule has 2 N–H and O–H groups in total. The molecular weight excluding hydrogens is 304 g/mol. The Morgan fingerprint density at radius 3 is 2.54 bits per heavy atom. The van der Waals surface area contributed by atoms with Gasteiger partial charge in [-0.3, -0.25) is 4.68 Å². The summed E-state index contributed by atoms with van der Waals surface area (Å²) in [4.78, 5) is 2.09. The molecule has 0 amide bonds. The summed E-state index contributed by atoms with van der Waals surface area (Å²) in [7, 11) is 4.06. The van der Waals surface area contributed by atoms with Crippen molar-refractivity contribution in [3.05, 3.63) is 41.2 Å². The van der Waals surface area contributed by atoms with Crippen LogP contribution in [-0.4, -0.2) is 53.6 Å². The van der Waals surface area contributed by atoms with Gasteiger partial charge in [-0.05, 0) is 52.2 Å². The Balaban J connectivity index is 1.90. The van der Waals surface area contributed by atoms with Crippen LogP contribution >= 0.6 is 0 Å². The fourth-order valence-corrected chi connectivity index (χ4v) is 2.51. The van der Waals surface area contributed by atoms with Crippen LogP contribution in [0.2, 0.25) is 0 Å². The highest BCUT2D eigenvalue weighted by Gasteiger charge is 2.10. The Hall–Kier alpha value is -2.05. The highest BCUT2D eigenvalue weighted by molar-refractivity contribution is 5.47. The van der Waals surface area contributed by atoms with Crippen molar-refractivity contribution < 1.29 is 9.84 Å². The fourth-order valence-electron chi connectivity index (χ4n) is 2.51. The van der Waals surface area contributed by atoms with Crippen molar-refractivity contribution >= 4 is 5.69 Å². The molecule has 6 nitrogen and oxygen atoms in total. The van der Waals surface area contributed by atoms with E-state index in [1.807, 2.05) is 56.9 Å². The number of aliphatic hydroxyl groups is 1. The number of nitrogens with one attached hydrogen (secondary N) is 1. The van der Waals surface area contributed by atoms with Crippen LogP contribution in [-0.2, 0) is 13.1 Å². The van der Waals surface area contributed by atoms with E-state index in [0.29, 0.717) is 19.7 Å². The van der Waals surface area contributed by atoms with Crippen molar-refractivity contribution in [1.29, 1.82) is 0 Å². The van der Waals surface area contributed by atoms with Crippen molar-refractivity contribution in [2.24, 2.45) is 0 Å². The molecule has 0 saturated carbocycles. The molecule has 1 aromatic heterocycles. The average Bonchev–Trinajstić information content (AvgIpc) is 2.81. The third-order valence-electron chi connectivity index (χ3n) is 3.97. The van der Waals surface area contributed by atoms with Gasteiger partial charge in [0.05, 0.1) is 18.8 Å². The van der Waals surface area contributed by atoms with Gasteiger partial charge in [0.25, 0.3) is 0 Å². The molecule has 1 aromatic carbocycles. The van der Waals surface area contributed by atoms with Crippen molar-refractivity contribution in [1.82, 2.24) is 14.7 Å². The van der Waals surface area contributed by atoms with E-state index in [4.69, 9.17) is 9.84 Å².